The van der Waals surface area contributed by atoms with Gasteiger partial charge in [-0.2, -0.15) is 13.2 Å². The predicted molar refractivity (Wildman–Crippen MR) is 125 cm³/mol. The van der Waals surface area contributed by atoms with Crippen molar-refractivity contribution in [2.45, 2.75) is 44.8 Å². The lowest BCUT2D eigenvalue weighted by Gasteiger charge is -2.26. The molecule has 1 saturated carbocycles. The molecule has 0 spiro atoms. The Kier molecular flexibility index (Phi) is 6.13. The molecule has 0 unspecified atom stereocenters. The molecule has 1 aromatic heterocycles. The molecule has 1 fully saturated rings. The topological polar surface area (TPSA) is 62.6 Å². The van der Waals surface area contributed by atoms with Crippen LogP contribution in [0, 0.1) is 5.92 Å². The Morgan fingerprint density at radius 3 is 2.46 bits per heavy atom. The number of benzene rings is 2. The van der Waals surface area contributed by atoms with Crippen LogP contribution in [0.4, 0.5) is 18.9 Å². The van der Waals surface area contributed by atoms with Crippen molar-refractivity contribution in [3.8, 4) is 11.3 Å². The molecule has 2 amide bonds. The van der Waals surface area contributed by atoms with Gasteiger partial charge in [0, 0.05) is 47.8 Å². The first-order valence-electron chi connectivity index (χ1n) is 11.8. The predicted octanol–water partition coefficient (Wildman–Crippen LogP) is 6.29. The van der Waals surface area contributed by atoms with Gasteiger partial charge in [0.25, 0.3) is 5.91 Å². The lowest BCUT2D eigenvalue weighted by Crippen LogP contribution is -2.35. The number of anilines is 1. The highest BCUT2D eigenvalue weighted by atomic mass is 19.4. The fraction of sp³-hybridized carbons (Fsp3) is 0.333. The SMILES string of the molecule is O=C(Nc1ccc(-c2cc3c(o2)CCN(C(=O)c2cccc(C(F)(F)F)c2)C3)cc1)C1CCCC1. The van der Waals surface area contributed by atoms with Crippen LogP contribution in [0.1, 0.15) is 52.9 Å². The number of hydrogen-bond acceptors (Lipinski definition) is 3. The summed E-state index contributed by atoms with van der Waals surface area (Å²) >= 11 is 0. The van der Waals surface area contributed by atoms with E-state index >= 15 is 0 Å². The molecule has 0 bridgehead atoms. The van der Waals surface area contributed by atoms with Crippen LogP contribution in [0.25, 0.3) is 11.3 Å². The summed E-state index contributed by atoms with van der Waals surface area (Å²) in [7, 11) is 0. The maximum atomic E-state index is 13.0. The first-order valence-corrected chi connectivity index (χ1v) is 11.8. The van der Waals surface area contributed by atoms with Crippen LogP contribution >= 0.6 is 0 Å². The van der Waals surface area contributed by atoms with Crippen molar-refractivity contribution in [2.75, 3.05) is 11.9 Å². The Balaban J connectivity index is 1.27. The molecule has 3 aromatic rings. The van der Waals surface area contributed by atoms with Crippen LogP contribution < -0.4 is 5.32 Å². The normalized spacial score (nSPS) is 16.3. The maximum absolute atomic E-state index is 13.0. The number of nitrogens with one attached hydrogen (secondary N) is 1. The average molecular weight is 483 g/mol. The number of carbonyl (C=O) groups is 2. The summed E-state index contributed by atoms with van der Waals surface area (Å²) in [5, 5.41) is 2.97. The minimum Gasteiger partial charge on any atom is -0.461 e. The third-order valence-electron chi connectivity index (χ3n) is 6.75. The van der Waals surface area contributed by atoms with Crippen molar-refractivity contribution < 1.29 is 27.2 Å². The van der Waals surface area contributed by atoms with Gasteiger partial charge in [-0.05, 0) is 61.4 Å². The highest BCUT2D eigenvalue weighted by Crippen LogP contribution is 2.33. The third-order valence-corrected chi connectivity index (χ3v) is 6.75. The number of carbonyl (C=O) groups excluding carboxylic acids is 2. The van der Waals surface area contributed by atoms with Gasteiger partial charge in [-0.3, -0.25) is 9.59 Å². The summed E-state index contributed by atoms with van der Waals surface area (Å²) in [5.74, 6) is 1.14. The number of furan rings is 1. The number of halogens is 3. The molecule has 35 heavy (non-hydrogen) atoms. The van der Waals surface area contributed by atoms with Crippen LogP contribution in [0.15, 0.2) is 59.0 Å². The Bertz CT molecular complexity index is 1240. The minimum atomic E-state index is -4.50. The van der Waals surface area contributed by atoms with Gasteiger partial charge < -0.3 is 14.6 Å². The minimum absolute atomic E-state index is 0.0160. The summed E-state index contributed by atoms with van der Waals surface area (Å²) in [6.07, 6.45) is 0.0614. The van der Waals surface area contributed by atoms with Crippen LogP contribution in [0.3, 0.4) is 0 Å². The number of nitrogens with zero attached hydrogens (tertiary/aromatic N) is 1. The Labute approximate surface area is 200 Å². The maximum Gasteiger partial charge on any atom is 0.416 e. The Morgan fingerprint density at radius 1 is 1.00 bits per heavy atom. The molecule has 0 radical (unpaired) electrons. The van der Waals surface area contributed by atoms with Gasteiger partial charge in [-0.1, -0.05) is 18.9 Å². The van der Waals surface area contributed by atoms with E-state index in [0.717, 1.165) is 60.4 Å². The van der Waals surface area contributed by atoms with Gasteiger partial charge in [-0.25, -0.2) is 0 Å². The molecule has 1 aliphatic carbocycles. The highest BCUT2D eigenvalue weighted by Gasteiger charge is 2.32. The molecule has 1 N–H and O–H groups in total. The molecular weight excluding hydrogens is 457 g/mol. The second kappa shape index (κ2) is 9.24. The van der Waals surface area contributed by atoms with Crippen LogP contribution in [-0.2, 0) is 23.9 Å². The van der Waals surface area contributed by atoms with E-state index in [1.807, 2.05) is 30.3 Å². The summed E-state index contributed by atoms with van der Waals surface area (Å²) in [6.45, 7) is 0.630. The van der Waals surface area contributed by atoms with E-state index in [-0.39, 0.29) is 23.9 Å². The Hall–Kier alpha value is -3.55. The van der Waals surface area contributed by atoms with Gasteiger partial charge >= 0.3 is 6.18 Å². The molecule has 2 heterocycles. The van der Waals surface area contributed by atoms with Gasteiger partial charge in [-0.15, -0.1) is 0 Å². The molecule has 182 valence electrons. The van der Waals surface area contributed by atoms with Gasteiger partial charge in [0.05, 0.1) is 5.56 Å². The first-order chi connectivity index (χ1) is 16.8. The van der Waals surface area contributed by atoms with Gasteiger partial charge in [0.2, 0.25) is 5.91 Å². The summed E-state index contributed by atoms with van der Waals surface area (Å²) < 4.78 is 45.1. The zero-order valence-electron chi connectivity index (χ0n) is 19.0. The van der Waals surface area contributed by atoms with Gasteiger partial charge in [0.1, 0.15) is 11.5 Å². The molecule has 5 rings (SSSR count). The van der Waals surface area contributed by atoms with Crippen molar-refractivity contribution in [2.24, 2.45) is 5.92 Å². The van der Waals surface area contributed by atoms with Crippen LogP contribution in [0.5, 0.6) is 0 Å². The van der Waals surface area contributed by atoms with E-state index in [1.54, 1.807) is 4.90 Å². The van der Waals surface area contributed by atoms with E-state index in [0.29, 0.717) is 18.7 Å². The molecule has 2 aliphatic rings. The summed E-state index contributed by atoms with van der Waals surface area (Å²) in [4.78, 5) is 26.8. The van der Waals surface area contributed by atoms with Crippen molar-refractivity contribution in [3.63, 3.8) is 0 Å². The molecule has 8 heteroatoms. The molecule has 5 nitrogen and oxygen atoms in total. The zero-order valence-corrected chi connectivity index (χ0v) is 19.0. The van der Waals surface area contributed by atoms with Crippen LogP contribution in [0.2, 0.25) is 0 Å². The van der Waals surface area contributed by atoms with E-state index in [9.17, 15) is 22.8 Å². The summed E-state index contributed by atoms with van der Waals surface area (Å²) in [6, 6.07) is 13.8. The fourth-order valence-electron chi connectivity index (χ4n) is 4.81. The quantitative estimate of drug-likeness (QED) is 0.475. The Morgan fingerprint density at radius 2 is 1.74 bits per heavy atom. The summed E-state index contributed by atoms with van der Waals surface area (Å²) in [5.41, 5.74) is 1.59. The number of alkyl halides is 3. The zero-order chi connectivity index (χ0) is 24.6. The number of rotatable bonds is 4. The van der Waals surface area contributed by atoms with E-state index < -0.39 is 17.6 Å². The van der Waals surface area contributed by atoms with Crippen molar-refractivity contribution >= 4 is 17.5 Å². The van der Waals surface area contributed by atoms with E-state index in [2.05, 4.69) is 5.32 Å². The smallest absolute Gasteiger partial charge is 0.416 e. The number of hydrogen-bond donors (Lipinski definition) is 1. The standard InChI is InChI=1S/C27H25F3N2O3/c28-27(29,30)21-7-3-6-19(14-21)26(34)32-13-12-23-20(16-32)15-24(35-23)17-8-10-22(11-9-17)31-25(33)18-4-1-2-5-18/h3,6-11,14-15,18H,1-2,4-5,12-13,16H2,(H,31,33). The number of amides is 2. The highest BCUT2D eigenvalue weighted by molar-refractivity contribution is 5.94. The van der Waals surface area contributed by atoms with E-state index in [1.165, 1.54) is 12.1 Å². The largest absolute Gasteiger partial charge is 0.461 e. The first kappa shape index (κ1) is 23.2. The monoisotopic (exact) mass is 482 g/mol. The fourth-order valence-corrected chi connectivity index (χ4v) is 4.81. The van der Waals surface area contributed by atoms with Crippen molar-refractivity contribution in [3.05, 3.63) is 77.0 Å². The lowest BCUT2D eigenvalue weighted by molar-refractivity contribution is -0.137. The van der Waals surface area contributed by atoms with Gasteiger partial charge in [0.15, 0.2) is 0 Å². The van der Waals surface area contributed by atoms with Crippen LogP contribution in [-0.4, -0.2) is 23.3 Å². The molecule has 1 aliphatic heterocycles. The van der Waals surface area contributed by atoms with Crippen molar-refractivity contribution in [1.29, 1.82) is 0 Å². The van der Waals surface area contributed by atoms with E-state index in [4.69, 9.17) is 4.42 Å². The average Bonchev–Trinajstić information content (AvgIpc) is 3.53. The number of fused-ring (bicyclic) bond motifs is 1. The molecule has 0 atom stereocenters. The molecule has 0 saturated heterocycles. The third kappa shape index (κ3) is 4.97. The lowest BCUT2D eigenvalue weighted by atomic mass is 10.0. The molecular formula is C27H25F3N2O3. The molecule has 2 aromatic carbocycles. The van der Waals surface area contributed by atoms with Crippen molar-refractivity contribution in [1.82, 2.24) is 4.90 Å². The second-order valence-corrected chi connectivity index (χ2v) is 9.16. The second-order valence-electron chi connectivity index (χ2n) is 9.16.